The monoisotopic (exact) mass is 359 g/mol. The van der Waals surface area contributed by atoms with Gasteiger partial charge in [0.2, 0.25) is 10.0 Å². The predicted molar refractivity (Wildman–Crippen MR) is 84.0 cm³/mol. The second kappa shape index (κ2) is 6.83. The molecular formula is C14H17NO6S2. The maximum absolute atomic E-state index is 12.3. The molecule has 7 nitrogen and oxygen atoms in total. The Hall–Kier alpha value is -1.68. The number of methoxy groups -OCH3 is 1. The van der Waals surface area contributed by atoms with Crippen LogP contribution in [0.5, 0.6) is 0 Å². The van der Waals surface area contributed by atoms with E-state index in [9.17, 15) is 18.3 Å². The van der Waals surface area contributed by atoms with Crippen LogP contribution in [0.4, 0.5) is 0 Å². The first kappa shape index (κ1) is 17.7. The quantitative estimate of drug-likeness (QED) is 0.761. The maximum Gasteiger partial charge on any atom is 0.349 e. The highest BCUT2D eigenvalue weighted by Gasteiger charge is 2.26. The van der Waals surface area contributed by atoms with E-state index >= 15 is 0 Å². The second-order valence-corrected chi connectivity index (χ2v) is 7.49. The molecule has 2 rings (SSSR count). The van der Waals surface area contributed by atoms with Crippen molar-refractivity contribution >= 4 is 27.3 Å². The molecular weight excluding hydrogens is 342 g/mol. The van der Waals surface area contributed by atoms with E-state index in [-0.39, 0.29) is 16.3 Å². The Morgan fingerprint density at radius 3 is 2.74 bits per heavy atom. The zero-order chi connectivity index (χ0) is 17.2. The molecule has 2 heterocycles. The third kappa shape index (κ3) is 3.81. The van der Waals surface area contributed by atoms with Crippen LogP contribution in [0, 0.1) is 13.8 Å². The Morgan fingerprint density at radius 1 is 1.48 bits per heavy atom. The summed E-state index contributed by atoms with van der Waals surface area (Å²) in [6, 6.07) is 2.97. The SMILES string of the molecule is COC(=O)c1sccc1S(=O)(=O)NCC(O)c1cc(C)oc1C. The van der Waals surface area contributed by atoms with Gasteiger partial charge in [0.05, 0.1) is 13.2 Å². The molecule has 0 aliphatic rings. The van der Waals surface area contributed by atoms with Crippen molar-refractivity contribution in [3.05, 3.63) is 39.5 Å². The lowest BCUT2D eigenvalue weighted by molar-refractivity contribution is 0.0602. The van der Waals surface area contributed by atoms with Crippen LogP contribution >= 0.6 is 11.3 Å². The van der Waals surface area contributed by atoms with E-state index in [4.69, 9.17) is 4.42 Å². The van der Waals surface area contributed by atoms with E-state index in [1.165, 1.54) is 18.6 Å². The number of aryl methyl sites for hydroxylation is 2. The number of thiophene rings is 1. The highest BCUT2D eigenvalue weighted by atomic mass is 32.2. The van der Waals surface area contributed by atoms with Crippen LogP contribution in [-0.4, -0.2) is 33.1 Å². The largest absolute Gasteiger partial charge is 0.466 e. The number of carbonyl (C=O) groups is 1. The first-order valence-electron chi connectivity index (χ1n) is 6.66. The number of hydrogen-bond donors (Lipinski definition) is 2. The number of sulfonamides is 1. The summed E-state index contributed by atoms with van der Waals surface area (Å²) in [5.41, 5.74) is 0.517. The summed E-state index contributed by atoms with van der Waals surface area (Å²) in [6.07, 6.45) is -1.05. The van der Waals surface area contributed by atoms with Gasteiger partial charge in [-0.2, -0.15) is 0 Å². The van der Waals surface area contributed by atoms with Crippen molar-refractivity contribution in [2.75, 3.05) is 13.7 Å². The Bertz CT molecular complexity index is 805. The number of nitrogens with one attached hydrogen (secondary N) is 1. The zero-order valence-corrected chi connectivity index (χ0v) is 14.5. The number of hydrogen-bond acceptors (Lipinski definition) is 7. The fourth-order valence-corrected chi connectivity index (χ4v) is 4.48. The van der Waals surface area contributed by atoms with E-state index < -0.39 is 22.1 Å². The third-order valence-electron chi connectivity index (χ3n) is 3.19. The number of rotatable bonds is 6. The van der Waals surface area contributed by atoms with Gasteiger partial charge in [0.1, 0.15) is 21.3 Å². The van der Waals surface area contributed by atoms with Gasteiger partial charge < -0.3 is 14.3 Å². The number of aliphatic hydroxyl groups is 1. The zero-order valence-electron chi connectivity index (χ0n) is 12.8. The molecule has 23 heavy (non-hydrogen) atoms. The normalized spacial score (nSPS) is 13.0. The van der Waals surface area contributed by atoms with Crippen molar-refractivity contribution in [2.45, 2.75) is 24.8 Å². The summed E-state index contributed by atoms with van der Waals surface area (Å²) in [7, 11) is -2.76. The number of ether oxygens (including phenoxy) is 1. The molecule has 0 saturated carbocycles. The Morgan fingerprint density at radius 2 is 2.17 bits per heavy atom. The third-order valence-corrected chi connectivity index (χ3v) is 5.68. The van der Waals surface area contributed by atoms with E-state index in [0.29, 0.717) is 17.1 Å². The van der Waals surface area contributed by atoms with Gasteiger partial charge in [0.25, 0.3) is 0 Å². The molecule has 2 aromatic rings. The van der Waals surface area contributed by atoms with Crippen LogP contribution in [0.15, 0.2) is 26.8 Å². The molecule has 2 aromatic heterocycles. The van der Waals surface area contributed by atoms with Gasteiger partial charge in [-0.05, 0) is 31.4 Å². The van der Waals surface area contributed by atoms with Crippen LogP contribution in [-0.2, 0) is 14.8 Å². The van der Waals surface area contributed by atoms with E-state index in [2.05, 4.69) is 9.46 Å². The molecule has 0 radical (unpaired) electrons. The molecule has 1 atom stereocenters. The number of carbonyl (C=O) groups excluding carboxylic acids is 1. The Kier molecular flexibility index (Phi) is 5.25. The molecule has 0 aliphatic heterocycles. The number of aliphatic hydroxyl groups excluding tert-OH is 1. The van der Waals surface area contributed by atoms with Crippen LogP contribution in [0.25, 0.3) is 0 Å². The first-order valence-corrected chi connectivity index (χ1v) is 9.03. The van der Waals surface area contributed by atoms with Gasteiger partial charge in [0, 0.05) is 12.1 Å². The minimum Gasteiger partial charge on any atom is -0.466 e. The average Bonchev–Trinajstić information content (AvgIpc) is 3.11. The van der Waals surface area contributed by atoms with Crippen molar-refractivity contribution < 1.29 is 27.5 Å². The fraction of sp³-hybridized carbons (Fsp3) is 0.357. The van der Waals surface area contributed by atoms with Crippen molar-refractivity contribution in [2.24, 2.45) is 0 Å². The van der Waals surface area contributed by atoms with Gasteiger partial charge in [-0.25, -0.2) is 17.9 Å². The minimum absolute atomic E-state index is 0.00942. The van der Waals surface area contributed by atoms with E-state index in [1.54, 1.807) is 19.9 Å². The lowest BCUT2D eigenvalue weighted by Gasteiger charge is -2.11. The molecule has 1 unspecified atom stereocenters. The molecule has 0 fully saturated rings. The van der Waals surface area contributed by atoms with Crippen molar-refractivity contribution in [1.29, 1.82) is 0 Å². The Labute approximate surface area is 137 Å². The highest BCUT2D eigenvalue weighted by molar-refractivity contribution is 7.89. The van der Waals surface area contributed by atoms with Crippen LogP contribution in [0.1, 0.15) is 32.9 Å². The molecule has 0 aliphatic carbocycles. The smallest absolute Gasteiger partial charge is 0.349 e. The summed E-state index contributed by atoms with van der Waals surface area (Å²) in [6.45, 7) is 3.19. The summed E-state index contributed by atoms with van der Waals surface area (Å²) in [5, 5.41) is 11.6. The van der Waals surface area contributed by atoms with Crippen LogP contribution in [0.2, 0.25) is 0 Å². The van der Waals surface area contributed by atoms with Crippen LogP contribution < -0.4 is 4.72 Å². The molecule has 0 saturated heterocycles. The van der Waals surface area contributed by atoms with E-state index in [0.717, 1.165) is 11.3 Å². The molecule has 2 N–H and O–H groups in total. The number of furan rings is 1. The second-order valence-electron chi connectivity index (χ2n) is 4.84. The predicted octanol–water partition coefficient (Wildman–Crippen LogP) is 1.76. The fourth-order valence-electron chi connectivity index (χ4n) is 2.11. The maximum atomic E-state index is 12.3. The molecule has 126 valence electrons. The van der Waals surface area contributed by atoms with E-state index in [1.807, 2.05) is 0 Å². The topological polar surface area (TPSA) is 106 Å². The summed E-state index contributed by atoms with van der Waals surface area (Å²) in [4.78, 5) is 11.4. The number of esters is 1. The van der Waals surface area contributed by atoms with Gasteiger partial charge in [-0.3, -0.25) is 0 Å². The first-order chi connectivity index (χ1) is 10.8. The summed E-state index contributed by atoms with van der Waals surface area (Å²) in [5.74, 6) is 0.437. The van der Waals surface area contributed by atoms with Crippen molar-refractivity contribution in [3.63, 3.8) is 0 Å². The average molecular weight is 359 g/mol. The van der Waals surface area contributed by atoms with Gasteiger partial charge in [-0.1, -0.05) is 0 Å². The summed E-state index contributed by atoms with van der Waals surface area (Å²) < 4.78 is 36.8. The molecule has 9 heteroatoms. The lowest BCUT2D eigenvalue weighted by Crippen LogP contribution is -2.29. The Balaban J connectivity index is 2.15. The van der Waals surface area contributed by atoms with Gasteiger partial charge in [-0.15, -0.1) is 11.3 Å². The molecule has 0 amide bonds. The minimum atomic E-state index is -3.94. The van der Waals surface area contributed by atoms with Gasteiger partial charge in [0.15, 0.2) is 0 Å². The van der Waals surface area contributed by atoms with Crippen molar-refractivity contribution in [3.8, 4) is 0 Å². The molecule has 0 spiro atoms. The van der Waals surface area contributed by atoms with Crippen LogP contribution in [0.3, 0.4) is 0 Å². The summed E-state index contributed by atoms with van der Waals surface area (Å²) >= 11 is 0.974. The van der Waals surface area contributed by atoms with Crippen molar-refractivity contribution in [1.82, 2.24) is 4.72 Å². The standard InChI is InChI=1S/C14H17NO6S2/c1-8-6-10(9(2)21-8)11(16)7-15-23(18,19)12-4-5-22-13(12)14(17)20-3/h4-6,11,15-16H,7H2,1-3H3. The lowest BCUT2D eigenvalue weighted by atomic mass is 10.1. The van der Waals surface area contributed by atoms with Gasteiger partial charge >= 0.3 is 5.97 Å². The molecule has 0 aromatic carbocycles. The molecule has 0 bridgehead atoms. The highest BCUT2D eigenvalue weighted by Crippen LogP contribution is 2.24.